The maximum absolute atomic E-state index is 12.5. The zero-order chi connectivity index (χ0) is 19.7. The number of aromatic nitrogens is 1. The molecule has 0 saturated heterocycles. The average Bonchev–Trinajstić information content (AvgIpc) is 2.67. The Morgan fingerprint density at radius 2 is 1.86 bits per heavy atom. The molecule has 0 radical (unpaired) electrons. The predicted molar refractivity (Wildman–Crippen MR) is 113 cm³/mol. The van der Waals surface area contributed by atoms with Crippen LogP contribution >= 0.6 is 23.4 Å². The van der Waals surface area contributed by atoms with E-state index in [4.69, 9.17) is 15.9 Å². The van der Waals surface area contributed by atoms with Crippen molar-refractivity contribution >= 4 is 44.9 Å². The van der Waals surface area contributed by atoms with Crippen LogP contribution in [0.5, 0.6) is 0 Å². The molecule has 28 heavy (non-hydrogen) atoms. The van der Waals surface area contributed by atoms with Crippen molar-refractivity contribution < 1.29 is 12.7 Å². The first-order valence-corrected chi connectivity index (χ1v) is 11.5. The van der Waals surface area contributed by atoms with Crippen molar-refractivity contribution in [2.75, 3.05) is 10.8 Å². The van der Waals surface area contributed by atoms with Gasteiger partial charge in [-0.25, -0.2) is 5.06 Å². The van der Waals surface area contributed by atoms with Crippen LogP contribution in [0.25, 0.3) is 11.3 Å². The van der Waals surface area contributed by atoms with Gasteiger partial charge in [0, 0.05) is 21.6 Å². The van der Waals surface area contributed by atoms with E-state index in [9.17, 15) is 8.42 Å². The highest BCUT2D eigenvalue weighted by atomic mass is 35.5. The van der Waals surface area contributed by atoms with Crippen molar-refractivity contribution in [3.8, 4) is 11.3 Å². The Bertz CT molecular complexity index is 1140. The standard InChI is InChI=1S/C20H17ClN2O3S2/c1-2-13-28(24,25)26-23-16-9-3-4-10-17(16)27-18-11-5-7-14(20(18)23)19-15(21)8-6-12-22-19/h3-12H,2,13H2,1H3. The van der Waals surface area contributed by atoms with Crippen molar-refractivity contribution in [1.29, 1.82) is 0 Å². The van der Waals surface area contributed by atoms with Gasteiger partial charge in [0.05, 0.1) is 27.8 Å². The molecule has 3 aromatic rings. The van der Waals surface area contributed by atoms with Crippen molar-refractivity contribution in [1.82, 2.24) is 4.98 Å². The summed E-state index contributed by atoms with van der Waals surface area (Å²) in [5.74, 6) is -0.0688. The molecule has 0 bridgehead atoms. The SMILES string of the molecule is CCCS(=O)(=O)ON1c2ccccc2Sc2cccc(-c3ncccc3Cl)c21. The Morgan fingerprint density at radius 3 is 2.64 bits per heavy atom. The lowest BCUT2D eigenvalue weighted by Crippen LogP contribution is -2.27. The quantitative estimate of drug-likeness (QED) is 0.517. The van der Waals surface area contributed by atoms with Gasteiger partial charge in [0.25, 0.3) is 10.1 Å². The van der Waals surface area contributed by atoms with E-state index < -0.39 is 10.1 Å². The molecule has 0 unspecified atom stereocenters. The second-order valence-corrected chi connectivity index (χ2v) is 9.35. The van der Waals surface area contributed by atoms with Gasteiger partial charge in [-0.2, -0.15) is 8.42 Å². The number of nitrogens with zero attached hydrogens (tertiary/aromatic N) is 2. The average molecular weight is 433 g/mol. The van der Waals surface area contributed by atoms with Crippen LogP contribution in [0.1, 0.15) is 13.3 Å². The number of fused-ring (bicyclic) bond motifs is 2. The third-order valence-corrected chi connectivity index (χ3v) is 6.87. The first-order valence-electron chi connectivity index (χ1n) is 8.73. The van der Waals surface area contributed by atoms with E-state index >= 15 is 0 Å². The molecule has 2 heterocycles. The van der Waals surface area contributed by atoms with Gasteiger partial charge >= 0.3 is 0 Å². The van der Waals surface area contributed by atoms with E-state index in [2.05, 4.69) is 4.98 Å². The molecular formula is C20H17ClN2O3S2. The molecular weight excluding hydrogens is 416 g/mol. The summed E-state index contributed by atoms with van der Waals surface area (Å²) in [5, 5.41) is 1.88. The van der Waals surface area contributed by atoms with Gasteiger partial charge in [-0.1, -0.05) is 54.6 Å². The molecule has 0 fully saturated rings. The number of anilines is 2. The minimum Gasteiger partial charge on any atom is -0.255 e. The van der Waals surface area contributed by atoms with Crippen molar-refractivity contribution in [3.05, 3.63) is 65.8 Å². The normalized spacial score (nSPS) is 13.1. The Morgan fingerprint density at radius 1 is 1.07 bits per heavy atom. The molecule has 0 saturated carbocycles. The van der Waals surface area contributed by atoms with E-state index in [0.717, 1.165) is 9.79 Å². The third kappa shape index (κ3) is 3.63. The van der Waals surface area contributed by atoms with E-state index in [1.165, 1.54) is 5.06 Å². The summed E-state index contributed by atoms with van der Waals surface area (Å²) in [7, 11) is -3.76. The van der Waals surface area contributed by atoms with Gasteiger partial charge in [-0.3, -0.25) is 4.98 Å². The molecule has 0 amide bonds. The fourth-order valence-electron chi connectivity index (χ4n) is 3.02. The van der Waals surface area contributed by atoms with Gasteiger partial charge in [-0.15, -0.1) is 4.28 Å². The molecule has 1 aliphatic heterocycles. The summed E-state index contributed by atoms with van der Waals surface area (Å²) in [6.07, 6.45) is 2.12. The van der Waals surface area contributed by atoms with Crippen LogP contribution in [0.3, 0.4) is 0 Å². The largest absolute Gasteiger partial charge is 0.288 e. The van der Waals surface area contributed by atoms with Crippen LogP contribution in [0.15, 0.2) is 70.6 Å². The fourth-order valence-corrected chi connectivity index (χ4v) is 5.27. The number of rotatable bonds is 5. The molecule has 4 rings (SSSR count). The number of hydrogen-bond donors (Lipinski definition) is 0. The molecule has 0 aliphatic carbocycles. The maximum Gasteiger partial charge on any atom is 0.288 e. The van der Waals surface area contributed by atoms with Crippen molar-refractivity contribution in [3.63, 3.8) is 0 Å². The number of benzene rings is 2. The molecule has 0 spiro atoms. The number of pyridine rings is 1. The molecule has 144 valence electrons. The van der Waals surface area contributed by atoms with E-state index in [0.29, 0.717) is 34.1 Å². The number of hydrogen-bond acceptors (Lipinski definition) is 6. The monoisotopic (exact) mass is 432 g/mol. The highest BCUT2D eigenvalue weighted by Crippen LogP contribution is 2.52. The molecule has 1 aliphatic rings. The number of halogens is 1. The lowest BCUT2D eigenvalue weighted by atomic mass is 10.1. The topological polar surface area (TPSA) is 59.5 Å². The van der Waals surface area contributed by atoms with E-state index in [1.54, 1.807) is 37.0 Å². The van der Waals surface area contributed by atoms with Crippen LogP contribution < -0.4 is 5.06 Å². The Labute approximate surface area is 173 Å². The van der Waals surface area contributed by atoms with Crippen LogP contribution in [0, 0.1) is 0 Å². The molecule has 8 heteroatoms. The highest BCUT2D eigenvalue weighted by molar-refractivity contribution is 7.99. The van der Waals surface area contributed by atoms with Crippen molar-refractivity contribution in [2.45, 2.75) is 23.1 Å². The smallest absolute Gasteiger partial charge is 0.255 e. The Kier molecular flexibility index (Phi) is 5.33. The maximum atomic E-state index is 12.5. The third-order valence-electron chi connectivity index (χ3n) is 4.16. The predicted octanol–water partition coefficient (Wildman–Crippen LogP) is 5.68. The van der Waals surface area contributed by atoms with Crippen LogP contribution in [0.4, 0.5) is 11.4 Å². The Hall–Kier alpha value is -2.06. The van der Waals surface area contributed by atoms with E-state index in [1.807, 2.05) is 42.5 Å². The summed E-state index contributed by atoms with van der Waals surface area (Å²) in [5.41, 5.74) is 2.56. The summed E-state index contributed by atoms with van der Waals surface area (Å²) in [4.78, 5) is 6.18. The highest BCUT2D eigenvalue weighted by Gasteiger charge is 2.31. The molecule has 5 nitrogen and oxygen atoms in total. The summed E-state index contributed by atoms with van der Waals surface area (Å²) in [6, 6.07) is 16.7. The lowest BCUT2D eigenvalue weighted by Gasteiger charge is -2.32. The summed E-state index contributed by atoms with van der Waals surface area (Å²) in [6.45, 7) is 1.80. The van der Waals surface area contributed by atoms with Gasteiger partial charge in [0.15, 0.2) is 0 Å². The summed E-state index contributed by atoms with van der Waals surface area (Å²) < 4.78 is 30.6. The van der Waals surface area contributed by atoms with Gasteiger partial charge in [0.1, 0.15) is 0 Å². The summed E-state index contributed by atoms with van der Waals surface area (Å²) >= 11 is 7.94. The van der Waals surface area contributed by atoms with Crippen LogP contribution in [0.2, 0.25) is 5.02 Å². The second kappa shape index (κ2) is 7.75. The Balaban J connectivity index is 1.93. The molecule has 1 aromatic heterocycles. The number of para-hydroxylation sites is 2. The minimum absolute atomic E-state index is 0.0688. The second-order valence-electron chi connectivity index (χ2n) is 6.19. The lowest BCUT2D eigenvalue weighted by molar-refractivity contribution is 0.319. The zero-order valence-corrected chi connectivity index (χ0v) is 17.4. The first-order chi connectivity index (χ1) is 13.5. The van der Waals surface area contributed by atoms with Gasteiger partial charge in [0.2, 0.25) is 0 Å². The van der Waals surface area contributed by atoms with Crippen molar-refractivity contribution in [2.24, 2.45) is 0 Å². The molecule has 0 N–H and O–H groups in total. The fraction of sp³-hybridized carbons (Fsp3) is 0.150. The first kappa shape index (κ1) is 19.3. The van der Waals surface area contributed by atoms with Gasteiger partial charge in [-0.05, 0) is 36.8 Å². The van der Waals surface area contributed by atoms with Crippen LogP contribution in [-0.4, -0.2) is 19.2 Å². The molecule has 2 aromatic carbocycles. The minimum atomic E-state index is -3.76. The molecule has 0 atom stereocenters. The van der Waals surface area contributed by atoms with Crippen LogP contribution in [-0.2, 0) is 14.4 Å². The van der Waals surface area contributed by atoms with Gasteiger partial charge < -0.3 is 0 Å². The van der Waals surface area contributed by atoms with E-state index in [-0.39, 0.29) is 5.75 Å². The zero-order valence-electron chi connectivity index (χ0n) is 15.0.